The second-order valence-corrected chi connectivity index (χ2v) is 6.86. The Bertz CT molecular complexity index is 967. The average molecular weight is 442 g/mol. The van der Waals surface area contributed by atoms with Crippen molar-refractivity contribution < 1.29 is 29.3 Å². The van der Waals surface area contributed by atoms with Crippen molar-refractivity contribution in [2.24, 2.45) is 4.99 Å². The summed E-state index contributed by atoms with van der Waals surface area (Å²) in [5.74, 6) is -1.39. The van der Waals surface area contributed by atoms with Crippen molar-refractivity contribution in [2.45, 2.75) is 31.9 Å². The Morgan fingerprint density at radius 1 is 1.10 bits per heavy atom. The Morgan fingerprint density at radius 2 is 1.68 bits per heavy atom. The van der Waals surface area contributed by atoms with Crippen molar-refractivity contribution in [2.75, 3.05) is 6.61 Å². The molecule has 2 rings (SSSR count). The van der Waals surface area contributed by atoms with Crippen molar-refractivity contribution in [3.05, 3.63) is 59.7 Å². The number of carbonyl (C=O) groups excluding carboxylic acids is 2. The number of aliphatic hydroxyl groups is 1. The van der Waals surface area contributed by atoms with E-state index < -0.39 is 24.0 Å². The van der Waals surface area contributed by atoms with Gasteiger partial charge in [0, 0.05) is 17.5 Å². The number of isothiocyanates is 1. The van der Waals surface area contributed by atoms with Gasteiger partial charge in [0.1, 0.15) is 5.75 Å². The van der Waals surface area contributed by atoms with Crippen molar-refractivity contribution in [3.8, 4) is 5.75 Å². The molecule has 162 valence electrons. The normalized spacial score (nSPS) is 12.2. The van der Waals surface area contributed by atoms with Gasteiger partial charge in [-0.2, -0.15) is 4.99 Å². The maximum absolute atomic E-state index is 12.5. The summed E-state index contributed by atoms with van der Waals surface area (Å²) in [5.41, 5.74) is 1.63. The van der Waals surface area contributed by atoms with E-state index in [1.165, 1.54) is 6.92 Å². The first kappa shape index (κ1) is 23.9. The number of hydrogen-bond acceptors (Lipinski definition) is 7. The third kappa shape index (κ3) is 7.42. The second kappa shape index (κ2) is 11.7. The number of ketones is 1. The number of aliphatic hydroxyl groups excluding tert-OH is 1. The Labute approximate surface area is 184 Å². The van der Waals surface area contributed by atoms with E-state index in [4.69, 9.17) is 9.84 Å². The summed E-state index contributed by atoms with van der Waals surface area (Å²) in [7, 11) is 0. The minimum Gasteiger partial charge on any atom is -0.494 e. The fraction of sp³-hybridized carbons (Fsp3) is 0.273. The number of ether oxygens (including phenoxy) is 1. The number of carboxylic acids is 1. The summed E-state index contributed by atoms with van der Waals surface area (Å²) in [5, 5.41) is 22.8. The molecule has 0 aliphatic heterocycles. The van der Waals surface area contributed by atoms with Crippen molar-refractivity contribution in [1.82, 2.24) is 5.32 Å². The number of hydrogen-bond donors (Lipinski definition) is 3. The second-order valence-electron chi connectivity index (χ2n) is 6.68. The molecule has 0 heterocycles. The Kier molecular flexibility index (Phi) is 9.02. The van der Waals surface area contributed by atoms with E-state index in [1.54, 1.807) is 48.5 Å². The first-order valence-corrected chi connectivity index (χ1v) is 9.88. The largest absolute Gasteiger partial charge is 0.494 e. The zero-order chi connectivity index (χ0) is 22.8. The molecule has 0 aromatic heterocycles. The van der Waals surface area contributed by atoms with Gasteiger partial charge in [0.2, 0.25) is 5.91 Å². The standard InChI is InChI=1S/C22H22N2O6S/c1-14(25)20(22(28)29)24-19(26)3-2-12-30-18-10-6-16(7-11-18)21(27)15-4-8-17(9-5-15)23-13-31/h4-11,14,20,25H,2-3,12H2,1H3,(H,24,26)(H,28,29). The maximum atomic E-state index is 12.5. The summed E-state index contributed by atoms with van der Waals surface area (Å²) in [6.45, 7) is 1.52. The van der Waals surface area contributed by atoms with Crippen LogP contribution in [0.25, 0.3) is 0 Å². The highest BCUT2D eigenvalue weighted by Gasteiger charge is 2.24. The number of thiocarbonyl (C=S) groups is 1. The van der Waals surface area contributed by atoms with E-state index in [0.29, 0.717) is 29.0 Å². The molecule has 2 unspecified atom stereocenters. The lowest BCUT2D eigenvalue weighted by molar-refractivity contribution is -0.144. The molecular formula is C22H22N2O6S. The minimum absolute atomic E-state index is 0.0519. The summed E-state index contributed by atoms with van der Waals surface area (Å²) in [6, 6.07) is 12.0. The number of carboxylic acid groups (broad SMARTS) is 1. The van der Waals surface area contributed by atoms with Gasteiger partial charge in [0.05, 0.1) is 23.6 Å². The van der Waals surface area contributed by atoms with Crippen LogP contribution in [-0.2, 0) is 9.59 Å². The van der Waals surface area contributed by atoms with E-state index in [2.05, 4.69) is 27.7 Å². The molecule has 0 aliphatic carbocycles. The number of carbonyl (C=O) groups is 3. The van der Waals surface area contributed by atoms with Crippen LogP contribution >= 0.6 is 12.2 Å². The van der Waals surface area contributed by atoms with Crippen LogP contribution in [-0.4, -0.2) is 51.8 Å². The Balaban J connectivity index is 1.82. The average Bonchev–Trinajstić information content (AvgIpc) is 2.75. The van der Waals surface area contributed by atoms with Crippen LogP contribution in [0.4, 0.5) is 5.69 Å². The lowest BCUT2D eigenvalue weighted by Crippen LogP contribution is -2.47. The predicted molar refractivity (Wildman–Crippen MR) is 117 cm³/mol. The topological polar surface area (TPSA) is 125 Å². The smallest absolute Gasteiger partial charge is 0.328 e. The number of aliphatic carboxylic acids is 1. The molecule has 1 amide bonds. The van der Waals surface area contributed by atoms with Crippen LogP contribution in [0.1, 0.15) is 35.7 Å². The molecule has 2 aromatic rings. The van der Waals surface area contributed by atoms with Crippen LogP contribution in [0.3, 0.4) is 0 Å². The number of benzene rings is 2. The van der Waals surface area contributed by atoms with E-state index in [9.17, 15) is 19.5 Å². The quantitative estimate of drug-likeness (QED) is 0.211. The first-order chi connectivity index (χ1) is 14.8. The van der Waals surface area contributed by atoms with Crippen LogP contribution < -0.4 is 10.1 Å². The molecule has 31 heavy (non-hydrogen) atoms. The zero-order valence-corrected chi connectivity index (χ0v) is 17.6. The van der Waals surface area contributed by atoms with Crippen LogP contribution in [0, 0.1) is 0 Å². The highest BCUT2D eigenvalue weighted by Crippen LogP contribution is 2.18. The molecule has 0 saturated heterocycles. The van der Waals surface area contributed by atoms with E-state index >= 15 is 0 Å². The lowest BCUT2D eigenvalue weighted by Gasteiger charge is -2.16. The Hall–Kier alpha value is -3.39. The number of nitrogens with zero attached hydrogens (tertiary/aromatic N) is 1. The van der Waals surface area contributed by atoms with Gasteiger partial charge in [-0.05, 0) is 74.1 Å². The highest BCUT2D eigenvalue weighted by molar-refractivity contribution is 7.78. The molecule has 2 atom stereocenters. The molecule has 0 spiro atoms. The summed E-state index contributed by atoms with van der Waals surface area (Å²) < 4.78 is 5.55. The minimum atomic E-state index is -1.34. The van der Waals surface area contributed by atoms with Crippen LogP contribution in [0.5, 0.6) is 5.75 Å². The molecule has 0 fully saturated rings. The molecule has 0 bridgehead atoms. The molecule has 0 saturated carbocycles. The lowest BCUT2D eigenvalue weighted by atomic mass is 10.0. The van der Waals surface area contributed by atoms with E-state index in [1.807, 2.05) is 0 Å². The Morgan fingerprint density at radius 3 is 2.19 bits per heavy atom. The molecule has 3 N–H and O–H groups in total. The van der Waals surface area contributed by atoms with Crippen LogP contribution in [0.15, 0.2) is 53.5 Å². The maximum Gasteiger partial charge on any atom is 0.328 e. The fourth-order valence-corrected chi connectivity index (χ4v) is 2.77. The zero-order valence-electron chi connectivity index (χ0n) is 16.8. The van der Waals surface area contributed by atoms with Crippen molar-refractivity contribution >= 4 is 40.7 Å². The monoisotopic (exact) mass is 442 g/mol. The third-order valence-corrected chi connectivity index (χ3v) is 4.39. The summed E-state index contributed by atoms with van der Waals surface area (Å²) in [6.07, 6.45) is -0.790. The number of rotatable bonds is 11. The predicted octanol–water partition coefficient (Wildman–Crippen LogP) is 2.76. The highest BCUT2D eigenvalue weighted by atomic mass is 32.1. The van der Waals surface area contributed by atoms with E-state index in [-0.39, 0.29) is 18.8 Å². The molecular weight excluding hydrogens is 420 g/mol. The van der Waals surface area contributed by atoms with Gasteiger partial charge in [-0.1, -0.05) is 0 Å². The van der Waals surface area contributed by atoms with Crippen molar-refractivity contribution in [3.63, 3.8) is 0 Å². The third-order valence-electron chi connectivity index (χ3n) is 4.30. The first-order valence-electron chi connectivity index (χ1n) is 9.47. The number of nitrogens with one attached hydrogen (secondary N) is 1. The SMILES string of the molecule is CC(O)C(NC(=O)CCCOc1ccc(C(=O)c2ccc(N=C=S)cc2)cc1)C(=O)O. The van der Waals surface area contributed by atoms with Gasteiger partial charge in [-0.15, -0.1) is 0 Å². The number of aliphatic imine (C=N–C) groups is 1. The fourth-order valence-electron chi connectivity index (χ4n) is 2.67. The molecule has 9 heteroatoms. The van der Waals surface area contributed by atoms with Gasteiger partial charge >= 0.3 is 5.97 Å². The summed E-state index contributed by atoms with van der Waals surface area (Å²) >= 11 is 4.55. The molecule has 8 nitrogen and oxygen atoms in total. The van der Waals surface area contributed by atoms with Gasteiger partial charge in [0.25, 0.3) is 0 Å². The van der Waals surface area contributed by atoms with Gasteiger partial charge in [0.15, 0.2) is 11.8 Å². The van der Waals surface area contributed by atoms with Crippen molar-refractivity contribution in [1.29, 1.82) is 0 Å². The van der Waals surface area contributed by atoms with Gasteiger partial charge in [-0.3, -0.25) is 9.59 Å². The van der Waals surface area contributed by atoms with E-state index in [0.717, 1.165) is 0 Å². The van der Waals surface area contributed by atoms with Gasteiger partial charge < -0.3 is 20.3 Å². The summed E-state index contributed by atoms with van der Waals surface area (Å²) in [4.78, 5) is 39.1. The number of amides is 1. The molecule has 0 aliphatic rings. The van der Waals surface area contributed by atoms with Gasteiger partial charge in [-0.25, -0.2) is 4.79 Å². The molecule has 2 aromatic carbocycles. The molecule has 0 radical (unpaired) electrons. The van der Waals surface area contributed by atoms with Crippen LogP contribution in [0.2, 0.25) is 0 Å².